The minimum atomic E-state index is -4.21. The third-order valence-electron chi connectivity index (χ3n) is 1.75. The first-order valence-corrected chi connectivity index (χ1v) is 5.87. The van der Waals surface area contributed by atoms with Crippen LogP contribution in [-0.2, 0) is 0 Å². The number of aryl methyl sites for hydroxylation is 1. The standard InChI is InChI=1S/C8H6BrClF4S/c1-3-4(9)2-5(15-3)6(10)8(13,14)7(11)12/h2,6-7H,1H3. The Balaban J connectivity index is 2.99. The SMILES string of the molecule is Cc1sc(C(Cl)C(F)(F)C(F)F)cc1Br. The zero-order valence-electron chi connectivity index (χ0n) is 7.41. The third kappa shape index (κ3) is 2.65. The molecule has 0 saturated heterocycles. The van der Waals surface area contributed by atoms with E-state index in [9.17, 15) is 17.6 Å². The Morgan fingerprint density at radius 2 is 2.00 bits per heavy atom. The van der Waals surface area contributed by atoms with Gasteiger partial charge in [-0.25, -0.2) is 8.78 Å². The van der Waals surface area contributed by atoms with E-state index in [1.54, 1.807) is 6.92 Å². The molecule has 1 atom stereocenters. The molecule has 15 heavy (non-hydrogen) atoms. The molecular weight excluding hydrogens is 320 g/mol. The lowest BCUT2D eigenvalue weighted by atomic mass is 10.2. The van der Waals surface area contributed by atoms with E-state index in [0.717, 1.165) is 16.2 Å². The maximum atomic E-state index is 12.9. The highest BCUT2D eigenvalue weighted by Gasteiger charge is 2.49. The number of rotatable bonds is 3. The summed E-state index contributed by atoms with van der Waals surface area (Å²) in [4.78, 5) is 0.757. The van der Waals surface area contributed by atoms with E-state index in [-0.39, 0.29) is 4.88 Å². The van der Waals surface area contributed by atoms with Gasteiger partial charge in [0.1, 0.15) is 5.38 Å². The molecule has 0 aliphatic heterocycles. The van der Waals surface area contributed by atoms with Crippen LogP contribution in [0.1, 0.15) is 15.1 Å². The van der Waals surface area contributed by atoms with Crippen LogP contribution >= 0.6 is 38.9 Å². The van der Waals surface area contributed by atoms with Crippen molar-refractivity contribution < 1.29 is 17.6 Å². The molecule has 0 nitrogen and oxygen atoms in total. The maximum Gasteiger partial charge on any atom is 0.328 e. The molecule has 1 heterocycles. The van der Waals surface area contributed by atoms with Gasteiger partial charge in [-0.15, -0.1) is 22.9 Å². The highest BCUT2D eigenvalue weighted by atomic mass is 79.9. The summed E-state index contributed by atoms with van der Waals surface area (Å²) >= 11 is 9.42. The van der Waals surface area contributed by atoms with Gasteiger partial charge in [-0.1, -0.05) is 0 Å². The van der Waals surface area contributed by atoms with Crippen molar-refractivity contribution in [2.75, 3.05) is 0 Å². The minimum Gasteiger partial charge on any atom is -0.204 e. The lowest BCUT2D eigenvalue weighted by Crippen LogP contribution is -2.31. The Morgan fingerprint density at radius 1 is 1.47 bits per heavy atom. The fourth-order valence-corrected chi connectivity index (χ4v) is 2.79. The van der Waals surface area contributed by atoms with Crippen molar-refractivity contribution in [1.29, 1.82) is 0 Å². The van der Waals surface area contributed by atoms with E-state index in [1.807, 2.05) is 0 Å². The van der Waals surface area contributed by atoms with Gasteiger partial charge < -0.3 is 0 Å². The summed E-state index contributed by atoms with van der Waals surface area (Å²) in [5.41, 5.74) is 0. The fraction of sp³-hybridized carbons (Fsp3) is 0.500. The van der Waals surface area contributed by atoms with Crippen LogP contribution in [0.4, 0.5) is 17.6 Å². The van der Waals surface area contributed by atoms with Crippen LogP contribution in [-0.4, -0.2) is 12.3 Å². The summed E-state index contributed by atoms with van der Waals surface area (Å²) in [6.45, 7) is 1.68. The van der Waals surface area contributed by atoms with Crippen LogP contribution in [0, 0.1) is 6.92 Å². The molecule has 0 saturated carbocycles. The van der Waals surface area contributed by atoms with E-state index >= 15 is 0 Å². The van der Waals surface area contributed by atoms with Crippen molar-refractivity contribution in [3.8, 4) is 0 Å². The Morgan fingerprint density at radius 3 is 2.33 bits per heavy atom. The Hall–Kier alpha value is 0.190. The molecule has 0 amide bonds. The van der Waals surface area contributed by atoms with Crippen molar-refractivity contribution in [3.05, 3.63) is 20.3 Å². The summed E-state index contributed by atoms with van der Waals surface area (Å²) < 4.78 is 50.4. The molecule has 0 spiro atoms. The fourth-order valence-electron chi connectivity index (χ4n) is 0.907. The van der Waals surface area contributed by atoms with Crippen LogP contribution in [0.15, 0.2) is 10.5 Å². The number of thiophene rings is 1. The largest absolute Gasteiger partial charge is 0.328 e. The van der Waals surface area contributed by atoms with Gasteiger partial charge in [-0.2, -0.15) is 8.78 Å². The topological polar surface area (TPSA) is 0 Å². The number of alkyl halides is 5. The van der Waals surface area contributed by atoms with Crippen molar-refractivity contribution in [1.82, 2.24) is 0 Å². The van der Waals surface area contributed by atoms with Crippen molar-refractivity contribution in [3.63, 3.8) is 0 Å². The summed E-state index contributed by atoms with van der Waals surface area (Å²) in [6.07, 6.45) is -3.76. The molecule has 0 N–H and O–H groups in total. The van der Waals surface area contributed by atoms with E-state index in [1.165, 1.54) is 6.07 Å². The first-order chi connectivity index (χ1) is 6.76. The number of hydrogen-bond acceptors (Lipinski definition) is 1. The second-order valence-electron chi connectivity index (χ2n) is 2.89. The van der Waals surface area contributed by atoms with Gasteiger partial charge in [0.25, 0.3) is 0 Å². The summed E-state index contributed by atoms with van der Waals surface area (Å²) in [5, 5.41) is -1.99. The van der Waals surface area contributed by atoms with Crippen LogP contribution < -0.4 is 0 Å². The Kier molecular flexibility index (Phi) is 4.06. The first-order valence-electron chi connectivity index (χ1n) is 3.82. The molecule has 0 aliphatic rings. The van der Waals surface area contributed by atoms with Crippen molar-refractivity contribution >= 4 is 38.9 Å². The molecular formula is C8H6BrClF4S. The third-order valence-corrected chi connectivity index (χ3v) is 4.61. The van der Waals surface area contributed by atoms with E-state index in [2.05, 4.69) is 15.9 Å². The predicted molar refractivity (Wildman–Crippen MR) is 56.3 cm³/mol. The monoisotopic (exact) mass is 324 g/mol. The highest BCUT2D eigenvalue weighted by Crippen LogP contribution is 2.45. The van der Waals surface area contributed by atoms with E-state index in [0.29, 0.717) is 4.47 Å². The normalized spacial score (nSPS) is 14.7. The number of halogens is 6. The summed E-state index contributed by atoms with van der Waals surface area (Å²) in [6, 6.07) is 1.34. The van der Waals surface area contributed by atoms with Gasteiger partial charge in [0.15, 0.2) is 0 Å². The second kappa shape index (κ2) is 4.59. The molecule has 0 fully saturated rings. The van der Waals surface area contributed by atoms with Crippen molar-refractivity contribution in [2.45, 2.75) is 24.6 Å². The van der Waals surface area contributed by atoms with Crippen LogP contribution in [0.3, 0.4) is 0 Å². The Labute approximate surface area is 101 Å². The van der Waals surface area contributed by atoms with E-state index < -0.39 is 17.7 Å². The lowest BCUT2D eigenvalue weighted by Gasteiger charge is -2.19. The molecule has 7 heteroatoms. The molecule has 1 aromatic rings. The highest BCUT2D eigenvalue weighted by molar-refractivity contribution is 9.10. The minimum absolute atomic E-state index is 0.0336. The van der Waals surface area contributed by atoms with E-state index in [4.69, 9.17) is 11.6 Å². The average molecular weight is 326 g/mol. The van der Waals surface area contributed by atoms with Crippen molar-refractivity contribution in [2.24, 2.45) is 0 Å². The molecule has 0 bridgehead atoms. The Bertz CT molecular complexity index is 333. The number of hydrogen-bond donors (Lipinski definition) is 0. The van der Waals surface area contributed by atoms with Crippen LogP contribution in [0.25, 0.3) is 0 Å². The van der Waals surface area contributed by atoms with Gasteiger partial charge in [0, 0.05) is 14.2 Å². The first kappa shape index (κ1) is 13.3. The molecule has 0 aromatic carbocycles. The summed E-state index contributed by atoms with van der Waals surface area (Å²) in [5.74, 6) is -4.21. The maximum absolute atomic E-state index is 12.9. The molecule has 1 unspecified atom stereocenters. The van der Waals surface area contributed by atoms with Crippen LogP contribution in [0.2, 0.25) is 0 Å². The molecule has 86 valence electrons. The molecule has 1 aromatic heterocycles. The van der Waals surface area contributed by atoms with Gasteiger partial charge >= 0.3 is 12.3 Å². The smallest absolute Gasteiger partial charge is 0.204 e. The van der Waals surface area contributed by atoms with Gasteiger partial charge in [-0.05, 0) is 28.9 Å². The summed E-state index contributed by atoms with van der Waals surface area (Å²) in [7, 11) is 0. The van der Waals surface area contributed by atoms with Crippen LogP contribution in [0.5, 0.6) is 0 Å². The average Bonchev–Trinajstić information content (AvgIpc) is 2.45. The molecule has 0 aliphatic carbocycles. The predicted octanol–water partition coefficient (Wildman–Crippen LogP) is 5.00. The molecule has 1 rings (SSSR count). The van der Waals surface area contributed by atoms with Gasteiger partial charge in [0.05, 0.1) is 0 Å². The zero-order chi connectivity index (χ0) is 11.8. The van der Waals surface area contributed by atoms with Gasteiger partial charge in [0.2, 0.25) is 0 Å². The molecule has 0 radical (unpaired) electrons. The lowest BCUT2D eigenvalue weighted by molar-refractivity contribution is -0.130. The second-order valence-corrected chi connectivity index (χ2v) is 5.47. The quantitative estimate of drug-likeness (QED) is 0.542. The zero-order valence-corrected chi connectivity index (χ0v) is 10.6. The van der Waals surface area contributed by atoms with Gasteiger partial charge in [-0.3, -0.25) is 0 Å².